The fourth-order valence-corrected chi connectivity index (χ4v) is 3.12. The molecule has 2 amide bonds. The van der Waals surface area contributed by atoms with Gasteiger partial charge in [-0.1, -0.05) is 0 Å². The lowest BCUT2D eigenvalue weighted by Crippen LogP contribution is -2.58. The summed E-state index contributed by atoms with van der Waals surface area (Å²) in [5.41, 5.74) is 0. The lowest BCUT2D eigenvalue weighted by Gasteiger charge is -2.30. The van der Waals surface area contributed by atoms with Gasteiger partial charge in [0, 0.05) is 12.4 Å². The second-order valence-corrected chi connectivity index (χ2v) is 5.58. The van der Waals surface area contributed by atoms with E-state index in [9.17, 15) is 18.0 Å². The number of hydrogen-bond donors (Lipinski definition) is 2. The van der Waals surface area contributed by atoms with Crippen LogP contribution in [0.15, 0.2) is 23.4 Å². The van der Waals surface area contributed by atoms with Gasteiger partial charge in [0.15, 0.2) is 0 Å². The molecule has 0 aromatic carbocycles. The van der Waals surface area contributed by atoms with E-state index in [1.165, 1.54) is 25.4 Å². The number of carbonyl (C=O) groups excluding carboxylic acids is 2. The van der Waals surface area contributed by atoms with E-state index in [1.54, 1.807) is 0 Å². The van der Waals surface area contributed by atoms with Crippen molar-refractivity contribution in [1.82, 2.24) is 14.6 Å². The maximum atomic E-state index is 12.1. The van der Waals surface area contributed by atoms with E-state index in [1.807, 2.05) is 0 Å². The van der Waals surface area contributed by atoms with Crippen molar-refractivity contribution in [1.29, 1.82) is 0 Å². The van der Waals surface area contributed by atoms with Gasteiger partial charge in [-0.3, -0.25) is 14.9 Å². The molecule has 0 radical (unpaired) electrons. The van der Waals surface area contributed by atoms with Crippen molar-refractivity contribution in [3.63, 3.8) is 0 Å². The molecule has 1 aliphatic heterocycles. The Morgan fingerprint density at radius 3 is 2.71 bits per heavy atom. The van der Waals surface area contributed by atoms with Gasteiger partial charge in [-0.05, 0) is 13.0 Å². The van der Waals surface area contributed by atoms with E-state index in [-0.39, 0.29) is 11.4 Å². The van der Waals surface area contributed by atoms with Gasteiger partial charge in [0.2, 0.25) is 21.8 Å². The highest BCUT2D eigenvalue weighted by Crippen LogP contribution is 2.19. The Morgan fingerprint density at radius 1 is 1.41 bits per heavy atom. The number of nitrogens with one attached hydrogen (secondary N) is 2. The summed E-state index contributed by atoms with van der Waals surface area (Å²) in [5.74, 6) is -1.23. The summed E-state index contributed by atoms with van der Waals surface area (Å²) >= 11 is 0. The van der Waals surface area contributed by atoms with Gasteiger partial charge >= 0.3 is 0 Å². The Kier molecular flexibility index (Phi) is 2.76. The Labute approximate surface area is 97.9 Å². The molecule has 0 saturated carbocycles. The first-order valence-corrected chi connectivity index (χ1v) is 6.35. The quantitative estimate of drug-likeness (QED) is 0.667. The van der Waals surface area contributed by atoms with E-state index in [2.05, 4.69) is 10.3 Å². The summed E-state index contributed by atoms with van der Waals surface area (Å²) < 4.78 is 25.1. The molecule has 92 valence electrons. The smallest absolute Gasteiger partial charge is 0.245 e. The second-order valence-electron chi connectivity index (χ2n) is 3.69. The Bertz CT molecular complexity index is 549. The molecule has 17 heavy (non-hydrogen) atoms. The van der Waals surface area contributed by atoms with Crippen LogP contribution in [-0.4, -0.2) is 42.1 Å². The van der Waals surface area contributed by atoms with E-state index >= 15 is 0 Å². The summed E-state index contributed by atoms with van der Waals surface area (Å²) in [4.78, 5) is 25.2. The average molecular weight is 257 g/mol. The molecule has 8 heteroatoms. The first kappa shape index (κ1) is 11.8. The minimum absolute atomic E-state index is 0.0341. The number of H-pyrrole nitrogens is 1. The second kappa shape index (κ2) is 3.97. The lowest BCUT2D eigenvalue weighted by molar-refractivity contribution is -0.136. The van der Waals surface area contributed by atoms with Gasteiger partial charge in [0.05, 0.1) is 11.4 Å². The topological polar surface area (TPSA) is 99.3 Å². The molecule has 1 unspecified atom stereocenters. The Hall–Kier alpha value is -1.67. The number of nitrogens with zero attached hydrogens (tertiary/aromatic N) is 1. The molecule has 2 rings (SSSR count). The number of carbonyl (C=O) groups is 2. The maximum Gasteiger partial charge on any atom is 0.245 e. The van der Waals surface area contributed by atoms with Crippen molar-refractivity contribution in [2.75, 3.05) is 6.54 Å². The summed E-state index contributed by atoms with van der Waals surface area (Å²) in [6.45, 7) is 1.09. The van der Waals surface area contributed by atoms with Crippen molar-refractivity contribution in [3.05, 3.63) is 18.5 Å². The molecular formula is C9H11N3O4S. The molecule has 1 fully saturated rings. The van der Waals surface area contributed by atoms with Crippen LogP contribution in [0.25, 0.3) is 0 Å². The molecule has 1 aliphatic rings. The van der Waals surface area contributed by atoms with Gasteiger partial charge < -0.3 is 4.98 Å². The predicted molar refractivity (Wildman–Crippen MR) is 57.3 cm³/mol. The zero-order chi connectivity index (χ0) is 12.6. The number of aromatic nitrogens is 1. The van der Waals surface area contributed by atoms with E-state index in [4.69, 9.17) is 0 Å². The van der Waals surface area contributed by atoms with E-state index in [0.717, 1.165) is 4.31 Å². The molecule has 1 atom stereocenters. The molecule has 0 aliphatic carbocycles. The van der Waals surface area contributed by atoms with Crippen LogP contribution in [0.2, 0.25) is 0 Å². The summed E-state index contributed by atoms with van der Waals surface area (Å²) in [5, 5.41) is 2.08. The van der Waals surface area contributed by atoms with Crippen LogP contribution in [0.5, 0.6) is 0 Å². The first-order valence-electron chi connectivity index (χ1n) is 4.91. The minimum atomic E-state index is -3.81. The van der Waals surface area contributed by atoms with Crippen LogP contribution in [-0.2, 0) is 19.6 Å². The third kappa shape index (κ3) is 1.96. The summed E-state index contributed by atoms with van der Waals surface area (Å²) in [6.07, 6.45) is 2.77. The van der Waals surface area contributed by atoms with Crippen LogP contribution < -0.4 is 5.32 Å². The summed E-state index contributed by atoms with van der Waals surface area (Å²) in [6, 6.07) is 0.478. The van der Waals surface area contributed by atoms with E-state index in [0.29, 0.717) is 0 Å². The molecule has 2 heterocycles. The molecule has 1 aromatic heterocycles. The largest absolute Gasteiger partial charge is 0.366 e. The van der Waals surface area contributed by atoms with Gasteiger partial charge in [-0.2, -0.15) is 4.31 Å². The van der Waals surface area contributed by atoms with Gasteiger partial charge in [-0.25, -0.2) is 8.42 Å². The van der Waals surface area contributed by atoms with Gasteiger partial charge in [0.1, 0.15) is 6.04 Å². The number of imide groups is 1. The fraction of sp³-hybridized carbons (Fsp3) is 0.333. The van der Waals surface area contributed by atoms with Crippen molar-refractivity contribution in [2.45, 2.75) is 17.9 Å². The third-order valence-electron chi connectivity index (χ3n) is 2.55. The summed E-state index contributed by atoms with van der Waals surface area (Å²) in [7, 11) is -3.81. The lowest BCUT2D eigenvalue weighted by atomic mass is 10.2. The zero-order valence-corrected chi connectivity index (χ0v) is 9.82. The molecule has 0 bridgehead atoms. The molecule has 1 aromatic rings. The third-order valence-corrected chi connectivity index (χ3v) is 4.46. The van der Waals surface area contributed by atoms with Crippen molar-refractivity contribution < 1.29 is 18.0 Å². The Morgan fingerprint density at radius 2 is 2.12 bits per heavy atom. The van der Waals surface area contributed by atoms with Crippen molar-refractivity contribution in [2.24, 2.45) is 0 Å². The Balaban J connectivity index is 2.39. The average Bonchev–Trinajstić information content (AvgIpc) is 2.76. The highest BCUT2D eigenvalue weighted by atomic mass is 32.2. The molecule has 1 saturated heterocycles. The molecule has 0 spiro atoms. The van der Waals surface area contributed by atoms with Crippen LogP contribution >= 0.6 is 0 Å². The number of rotatable bonds is 2. The monoisotopic (exact) mass is 257 g/mol. The SMILES string of the molecule is CC1C(=O)NC(=O)CN1S(=O)(=O)c1cc[nH]c1. The highest BCUT2D eigenvalue weighted by Gasteiger charge is 2.38. The fourth-order valence-electron chi connectivity index (χ4n) is 1.59. The van der Waals surface area contributed by atoms with Crippen LogP contribution in [0.3, 0.4) is 0 Å². The van der Waals surface area contributed by atoms with Crippen LogP contribution in [0, 0.1) is 0 Å². The first-order chi connectivity index (χ1) is 7.93. The molecular weight excluding hydrogens is 246 g/mol. The van der Waals surface area contributed by atoms with E-state index < -0.39 is 27.9 Å². The molecule has 7 nitrogen and oxygen atoms in total. The normalized spacial score (nSPS) is 22.5. The zero-order valence-electron chi connectivity index (χ0n) is 9.00. The van der Waals surface area contributed by atoms with Crippen molar-refractivity contribution >= 4 is 21.8 Å². The van der Waals surface area contributed by atoms with Gasteiger partial charge in [0.25, 0.3) is 0 Å². The number of aromatic amines is 1. The number of piperazine rings is 1. The van der Waals surface area contributed by atoms with Gasteiger partial charge in [-0.15, -0.1) is 0 Å². The maximum absolute atomic E-state index is 12.1. The number of amides is 2. The number of hydrogen-bond acceptors (Lipinski definition) is 4. The van der Waals surface area contributed by atoms with Crippen LogP contribution in [0.4, 0.5) is 0 Å². The standard InChI is InChI=1S/C9H11N3O4S/c1-6-9(14)11-8(13)5-12(6)17(15,16)7-2-3-10-4-7/h2-4,6,10H,5H2,1H3,(H,11,13,14). The minimum Gasteiger partial charge on any atom is -0.366 e. The van der Waals surface area contributed by atoms with Crippen molar-refractivity contribution in [3.8, 4) is 0 Å². The highest BCUT2D eigenvalue weighted by molar-refractivity contribution is 7.89. The van der Waals surface area contributed by atoms with Crippen LogP contribution in [0.1, 0.15) is 6.92 Å². The predicted octanol–water partition coefficient (Wildman–Crippen LogP) is -0.950. The number of sulfonamides is 1. The molecule has 2 N–H and O–H groups in total.